The summed E-state index contributed by atoms with van der Waals surface area (Å²) in [4.78, 5) is 4.23. The van der Waals surface area contributed by atoms with E-state index in [1.54, 1.807) is 0 Å². The first-order valence-electron chi connectivity index (χ1n) is 5.98. The van der Waals surface area contributed by atoms with Crippen molar-refractivity contribution in [3.63, 3.8) is 0 Å². The first-order valence-corrected chi connectivity index (χ1v) is 5.98. The standard InChI is InChI=1S/C15H15NO3/c1-2-19-14-6-3-12(4-7-14)16-10-11-9-13(17)5-8-15(11)18/h3-10,17-18H,2H2,1H3. The fourth-order valence-corrected chi connectivity index (χ4v) is 1.58. The van der Waals surface area contributed by atoms with Gasteiger partial charge in [-0.2, -0.15) is 0 Å². The van der Waals surface area contributed by atoms with Crippen LogP contribution in [0.3, 0.4) is 0 Å². The van der Waals surface area contributed by atoms with Crippen molar-refractivity contribution in [2.24, 2.45) is 4.99 Å². The molecule has 98 valence electrons. The highest BCUT2D eigenvalue weighted by molar-refractivity contribution is 5.85. The Hall–Kier alpha value is -2.49. The van der Waals surface area contributed by atoms with Gasteiger partial charge in [-0.25, -0.2) is 0 Å². The maximum atomic E-state index is 9.60. The highest BCUT2D eigenvalue weighted by Gasteiger charge is 1.99. The molecule has 0 amide bonds. The van der Waals surface area contributed by atoms with Gasteiger partial charge in [0.25, 0.3) is 0 Å². The Morgan fingerprint density at radius 2 is 1.84 bits per heavy atom. The van der Waals surface area contributed by atoms with Gasteiger partial charge in [-0.1, -0.05) is 0 Å². The van der Waals surface area contributed by atoms with Gasteiger partial charge in [0, 0.05) is 11.8 Å². The molecule has 2 N–H and O–H groups in total. The van der Waals surface area contributed by atoms with E-state index < -0.39 is 0 Å². The van der Waals surface area contributed by atoms with Gasteiger partial charge in [0.05, 0.1) is 12.3 Å². The Morgan fingerprint density at radius 1 is 1.11 bits per heavy atom. The molecule has 0 fully saturated rings. The average molecular weight is 257 g/mol. The number of phenolic OH excluding ortho intramolecular Hbond substituents is 2. The monoisotopic (exact) mass is 257 g/mol. The SMILES string of the molecule is CCOc1ccc(N=Cc2cc(O)ccc2O)cc1. The van der Waals surface area contributed by atoms with E-state index in [0.717, 1.165) is 11.4 Å². The van der Waals surface area contributed by atoms with E-state index in [4.69, 9.17) is 4.74 Å². The highest BCUT2D eigenvalue weighted by atomic mass is 16.5. The van der Waals surface area contributed by atoms with Crippen LogP contribution in [0.25, 0.3) is 0 Å². The van der Waals surface area contributed by atoms with Crippen LogP contribution in [0.15, 0.2) is 47.5 Å². The van der Waals surface area contributed by atoms with Crippen LogP contribution in [-0.4, -0.2) is 23.0 Å². The molecule has 4 nitrogen and oxygen atoms in total. The maximum absolute atomic E-state index is 9.60. The number of phenols is 2. The minimum absolute atomic E-state index is 0.0764. The summed E-state index contributed by atoms with van der Waals surface area (Å²) in [5, 5.41) is 18.9. The van der Waals surface area contributed by atoms with Gasteiger partial charge >= 0.3 is 0 Å². The molecule has 0 unspecified atom stereocenters. The fraction of sp³-hybridized carbons (Fsp3) is 0.133. The van der Waals surface area contributed by atoms with Crippen molar-refractivity contribution in [1.29, 1.82) is 0 Å². The number of nitrogens with zero attached hydrogens (tertiary/aromatic N) is 1. The largest absolute Gasteiger partial charge is 0.508 e. The van der Waals surface area contributed by atoms with Crippen LogP contribution in [0.4, 0.5) is 5.69 Å². The molecule has 2 rings (SSSR count). The number of ether oxygens (including phenoxy) is 1. The third-order valence-corrected chi connectivity index (χ3v) is 2.51. The van der Waals surface area contributed by atoms with Crippen molar-refractivity contribution in [2.45, 2.75) is 6.92 Å². The molecule has 19 heavy (non-hydrogen) atoms. The summed E-state index contributed by atoms with van der Waals surface area (Å²) < 4.78 is 5.33. The lowest BCUT2D eigenvalue weighted by Crippen LogP contribution is -1.89. The number of hydrogen-bond acceptors (Lipinski definition) is 4. The summed E-state index contributed by atoms with van der Waals surface area (Å²) in [6, 6.07) is 11.6. The third kappa shape index (κ3) is 3.48. The van der Waals surface area contributed by atoms with Crippen LogP contribution in [0.5, 0.6) is 17.2 Å². The number of aliphatic imine (C=N–C) groups is 1. The quantitative estimate of drug-likeness (QED) is 0.653. The number of hydrogen-bond donors (Lipinski definition) is 2. The minimum atomic E-state index is 0.0764. The summed E-state index contributed by atoms with van der Waals surface area (Å²) in [6.07, 6.45) is 1.50. The molecular formula is C15H15NO3. The van der Waals surface area contributed by atoms with Gasteiger partial charge in [-0.3, -0.25) is 4.99 Å². The van der Waals surface area contributed by atoms with E-state index in [9.17, 15) is 10.2 Å². The molecule has 0 aliphatic carbocycles. The van der Waals surface area contributed by atoms with Crippen molar-refractivity contribution in [3.8, 4) is 17.2 Å². The summed E-state index contributed by atoms with van der Waals surface area (Å²) >= 11 is 0. The molecule has 2 aromatic carbocycles. The lowest BCUT2D eigenvalue weighted by atomic mass is 10.2. The highest BCUT2D eigenvalue weighted by Crippen LogP contribution is 2.22. The Bertz CT molecular complexity index is 576. The summed E-state index contributed by atoms with van der Waals surface area (Å²) in [7, 11) is 0. The zero-order valence-electron chi connectivity index (χ0n) is 10.6. The molecule has 0 aromatic heterocycles. The lowest BCUT2D eigenvalue weighted by Gasteiger charge is -2.02. The molecule has 0 spiro atoms. The topological polar surface area (TPSA) is 62.0 Å². The van der Waals surface area contributed by atoms with Gasteiger partial charge < -0.3 is 14.9 Å². The molecule has 0 aliphatic heterocycles. The Balaban J connectivity index is 2.15. The average Bonchev–Trinajstić information content (AvgIpc) is 2.42. The molecule has 0 aliphatic rings. The number of rotatable bonds is 4. The van der Waals surface area contributed by atoms with Gasteiger partial charge in [0.1, 0.15) is 17.2 Å². The molecule has 0 radical (unpaired) electrons. The molecular weight excluding hydrogens is 242 g/mol. The predicted octanol–water partition coefficient (Wildman–Crippen LogP) is 3.25. The first-order chi connectivity index (χ1) is 9.19. The number of aromatic hydroxyl groups is 2. The van der Waals surface area contributed by atoms with Crippen LogP contribution >= 0.6 is 0 Å². The van der Waals surface area contributed by atoms with E-state index >= 15 is 0 Å². The number of benzene rings is 2. The van der Waals surface area contributed by atoms with E-state index in [1.807, 2.05) is 31.2 Å². The molecule has 0 saturated heterocycles. The van der Waals surface area contributed by atoms with E-state index in [1.165, 1.54) is 24.4 Å². The van der Waals surface area contributed by atoms with Gasteiger partial charge in [-0.15, -0.1) is 0 Å². The van der Waals surface area contributed by atoms with Crippen molar-refractivity contribution >= 4 is 11.9 Å². The molecule has 0 heterocycles. The predicted molar refractivity (Wildman–Crippen MR) is 74.6 cm³/mol. The second-order valence-corrected chi connectivity index (χ2v) is 3.93. The minimum Gasteiger partial charge on any atom is -0.508 e. The zero-order valence-corrected chi connectivity index (χ0v) is 10.6. The smallest absolute Gasteiger partial charge is 0.124 e. The molecule has 0 bridgehead atoms. The normalized spacial score (nSPS) is 10.8. The third-order valence-electron chi connectivity index (χ3n) is 2.51. The van der Waals surface area contributed by atoms with Crippen LogP contribution < -0.4 is 4.74 Å². The molecule has 0 atom stereocenters. The second-order valence-electron chi connectivity index (χ2n) is 3.93. The lowest BCUT2D eigenvalue weighted by molar-refractivity contribution is 0.340. The summed E-state index contributed by atoms with van der Waals surface area (Å²) in [5.74, 6) is 0.958. The molecule has 4 heteroatoms. The molecule has 2 aromatic rings. The van der Waals surface area contributed by atoms with Crippen molar-refractivity contribution < 1.29 is 14.9 Å². The van der Waals surface area contributed by atoms with Crippen LogP contribution in [-0.2, 0) is 0 Å². The Kier molecular flexibility index (Phi) is 4.03. The Morgan fingerprint density at radius 3 is 2.53 bits per heavy atom. The second kappa shape index (κ2) is 5.91. The van der Waals surface area contributed by atoms with Crippen molar-refractivity contribution in [1.82, 2.24) is 0 Å². The van der Waals surface area contributed by atoms with Crippen molar-refractivity contribution in [3.05, 3.63) is 48.0 Å². The summed E-state index contributed by atoms with van der Waals surface area (Å²) in [6.45, 7) is 2.55. The fourth-order valence-electron chi connectivity index (χ4n) is 1.58. The maximum Gasteiger partial charge on any atom is 0.124 e. The Labute approximate surface area is 111 Å². The van der Waals surface area contributed by atoms with Crippen LogP contribution in [0, 0.1) is 0 Å². The summed E-state index contributed by atoms with van der Waals surface area (Å²) in [5.41, 5.74) is 1.21. The van der Waals surface area contributed by atoms with E-state index in [2.05, 4.69) is 4.99 Å². The van der Waals surface area contributed by atoms with Gasteiger partial charge in [0.2, 0.25) is 0 Å². The van der Waals surface area contributed by atoms with Crippen LogP contribution in [0.1, 0.15) is 12.5 Å². The first kappa shape index (κ1) is 13.0. The zero-order chi connectivity index (χ0) is 13.7. The van der Waals surface area contributed by atoms with Gasteiger partial charge in [-0.05, 0) is 49.4 Å². The van der Waals surface area contributed by atoms with E-state index in [0.29, 0.717) is 12.2 Å². The molecule has 0 saturated carbocycles. The van der Waals surface area contributed by atoms with Gasteiger partial charge in [0.15, 0.2) is 0 Å². The van der Waals surface area contributed by atoms with Crippen LogP contribution in [0.2, 0.25) is 0 Å². The van der Waals surface area contributed by atoms with E-state index in [-0.39, 0.29) is 11.5 Å². The van der Waals surface area contributed by atoms with Crippen molar-refractivity contribution in [2.75, 3.05) is 6.61 Å².